The topological polar surface area (TPSA) is 76.7 Å². The minimum atomic E-state index is -0.819. The lowest BCUT2D eigenvalue weighted by molar-refractivity contribution is -0.119. The first-order valence-corrected chi connectivity index (χ1v) is 10.5. The second-order valence-corrected chi connectivity index (χ2v) is 8.51. The van der Waals surface area contributed by atoms with Crippen molar-refractivity contribution < 1.29 is 23.5 Å². The molecule has 1 heterocycles. The Hall–Kier alpha value is -3.87. The van der Waals surface area contributed by atoms with E-state index in [0.717, 1.165) is 5.56 Å². The summed E-state index contributed by atoms with van der Waals surface area (Å²) in [4.78, 5) is 25.4. The van der Waals surface area contributed by atoms with Crippen molar-refractivity contribution in [3.8, 4) is 16.9 Å². The third-order valence-electron chi connectivity index (χ3n) is 5.65. The van der Waals surface area contributed by atoms with Gasteiger partial charge in [0.15, 0.2) is 0 Å². The number of nitrogens with one attached hydrogen (secondary N) is 2. The number of esters is 1. The SMILES string of the molecule is COc1ccc(F)cc1-c1ccc2c(c1COC(=O)c1ccc(C)cc1)NC(=O)C(C)(C)N2. The summed E-state index contributed by atoms with van der Waals surface area (Å²) in [5, 5.41) is 6.14. The van der Waals surface area contributed by atoms with Crippen LogP contribution in [0.1, 0.15) is 35.3 Å². The maximum absolute atomic E-state index is 14.1. The summed E-state index contributed by atoms with van der Waals surface area (Å²) in [6, 6.07) is 14.9. The summed E-state index contributed by atoms with van der Waals surface area (Å²) in [5.41, 5.74) is 3.40. The van der Waals surface area contributed by atoms with Crippen LogP contribution in [0.15, 0.2) is 54.6 Å². The Morgan fingerprint density at radius 3 is 2.45 bits per heavy atom. The predicted octanol–water partition coefficient (Wildman–Crippen LogP) is 5.31. The van der Waals surface area contributed by atoms with Crippen molar-refractivity contribution in [1.29, 1.82) is 0 Å². The molecule has 1 aliphatic rings. The number of aryl methyl sites for hydroxylation is 1. The number of carbonyl (C=O) groups excluding carboxylic acids is 2. The Bertz CT molecular complexity index is 1240. The lowest BCUT2D eigenvalue weighted by atomic mass is 9.93. The maximum atomic E-state index is 14.1. The van der Waals surface area contributed by atoms with Gasteiger partial charge >= 0.3 is 5.97 Å². The van der Waals surface area contributed by atoms with Crippen LogP contribution in [0.4, 0.5) is 15.8 Å². The zero-order valence-corrected chi connectivity index (χ0v) is 18.9. The fourth-order valence-corrected chi connectivity index (χ4v) is 3.76. The summed E-state index contributed by atoms with van der Waals surface area (Å²) in [6.07, 6.45) is 0. The van der Waals surface area contributed by atoms with Crippen LogP contribution in [0.5, 0.6) is 5.75 Å². The van der Waals surface area contributed by atoms with Gasteiger partial charge in [0.2, 0.25) is 5.91 Å². The highest BCUT2D eigenvalue weighted by Gasteiger charge is 2.35. The van der Waals surface area contributed by atoms with Crippen LogP contribution in [0, 0.1) is 12.7 Å². The average Bonchev–Trinajstić information content (AvgIpc) is 2.78. The van der Waals surface area contributed by atoms with Gasteiger partial charge in [0.1, 0.15) is 23.7 Å². The first kappa shape index (κ1) is 22.3. The number of methoxy groups -OCH3 is 1. The van der Waals surface area contributed by atoms with Gasteiger partial charge in [-0.3, -0.25) is 4.79 Å². The molecule has 1 amide bonds. The van der Waals surface area contributed by atoms with Crippen molar-refractivity contribution in [1.82, 2.24) is 0 Å². The van der Waals surface area contributed by atoms with E-state index in [2.05, 4.69) is 10.6 Å². The van der Waals surface area contributed by atoms with Crippen molar-refractivity contribution in [3.63, 3.8) is 0 Å². The van der Waals surface area contributed by atoms with E-state index in [0.29, 0.717) is 39.4 Å². The molecule has 33 heavy (non-hydrogen) atoms. The summed E-state index contributed by atoms with van der Waals surface area (Å²) in [6.45, 7) is 5.34. The average molecular weight is 448 g/mol. The number of ether oxygens (including phenoxy) is 2. The fourth-order valence-electron chi connectivity index (χ4n) is 3.76. The Labute approximate surface area is 191 Å². The van der Waals surface area contributed by atoms with Crippen molar-refractivity contribution in [2.75, 3.05) is 17.7 Å². The van der Waals surface area contributed by atoms with Crippen molar-refractivity contribution in [2.45, 2.75) is 32.9 Å². The molecule has 0 aromatic heterocycles. The standard InChI is InChI=1S/C26H25FN2O4/c1-15-5-7-16(8-6-15)24(30)33-14-20-18(19-13-17(27)9-12-22(19)32-4)10-11-21-23(20)28-25(31)26(2,3)29-21/h5-13,29H,14H2,1-4H3,(H,28,31). The molecule has 3 aromatic rings. The van der Waals surface area contributed by atoms with Gasteiger partial charge in [0.05, 0.1) is 24.0 Å². The molecule has 0 fully saturated rings. The Balaban J connectivity index is 1.79. The quantitative estimate of drug-likeness (QED) is 0.518. The minimum absolute atomic E-state index is 0.132. The normalized spacial score (nSPS) is 14.0. The monoisotopic (exact) mass is 448 g/mol. The number of halogens is 1. The Kier molecular flexibility index (Phi) is 5.80. The minimum Gasteiger partial charge on any atom is -0.496 e. The highest BCUT2D eigenvalue weighted by molar-refractivity contribution is 6.07. The van der Waals surface area contributed by atoms with Gasteiger partial charge in [0, 0.05) is 11.1 Å². The van der Waals surface area contributed by atoms with E-state index in [1.54, 1.807) is 32.0 Å². The van der Waals surface area contributed by atoms with E-state index in [9.17, 15) is 14.0 Å². The van der Waals surface area contributed by atoms with Gasteiger partial charge in [-0.1, -0.05) is 23.8 Å². The molecule has 7 heteroatoms. The molecular weight excluding hydrogens is 423 g/mol. The number of carbonyl (C=O) groups is 2. The second kappa shape index (κ2) is 8.58. The number of fused-ring (bicyclic) bond motifs is 1. The van der Waals surface area contributed by atoms with Gasteiger partial charge in [-0.2, -0.15) is 0 Å². The Morgan fingerprint density at radius 1 is 1.03 bits per heavy atom. The van der Waals surface area contributed by atoms with Gasteiger partial charge in [-0.15, -0.1) is 0 Å². The molecule has 170 valence electrons. The molecule has 1 aliphatic heterocycles. The molecular formula is C26H25FN2O4. The molecule has 0 aliphatic carbocycles. The fraction of sp³-hybridized carbons (Fsp3) is 0.231. The van der Waals surface area contributed by atoms with Crippen molar-refractivity contribution in [2.24, 2.45) is 0 Å². The molecule has 0 spiro atoms. The van der Waals surface area contributed by atoms with Gasteiger partial charge in [-0.25, -0.2) is 9.18 Å². The molecule has 0 unspecified atom stereocenters. The Morgan fingerprint density at radius 2 is 1.76 bits per heavy atom. The van der Waals surface area contributed by atoms with Crippen LogP contribution < -0.4 is 15.4 Å². The summed E-state index contributed by atoms with van der Waals surface area (Å²) >= 11 is 0. The van der Waals surface area contributed by atoms with Gasteiger partial charge in [-0.05, 0) is 62.7 Å². The molecule has 4 rings (SSSR count). The number of rotatable bonds is 5. The number of hydrogen-bond donors (Lipinski definition) is 2. The molecule has 0 radical (unpaired) electrons. The van der Waals surface area contributed by atoms with E-state index >= 15 is 0 Å². The van der Waals surface area contributed by atoms with Crippen LogP contribution in [0.2, 0.25) is 0 Å². The first-order chi connectivity index (χ1) is 15.7. The lowest BCUT2D eigenvalue weighted by Crippen LogP contribution is -2.47. The van der Waals surface area contributed by atoms with Crippen molar-refractivity contribution in [3.05, 3.63) is 77.1 Å². The van der Waals surface area contributed by atoms with Gasteiger partial charge in [0.25, 0.3) is 0 Å². The van der Waals surface area contributed by atoms with E-state index < -0.39 is 17.3 Å². The predicted molar refractivity (Wildman–Crippen MR) is 125 cm³/mol. The molecule has 0 bridgehead atoms. The zero-order chi connectivity index (χ0) is 23.8. The molecule has 0 atom stereocenters. The van der Waals surface area contributed by atoms with Crippen LogP contribution in [0.3, 0.4) is 0 Å². The maximum Gasteiger partial charge on any atom is 0.338 e. The third-order valence-corrected chi connectivity index (χ3v) is 5.65. The van der Waals surface area contributed by atoms with E-state index in [1.165, 1.54) is 25.3 Å². The molecule has 0 saturated carbocycles. The number of amides is 1. The second-order valence-electron chi connectivity index (χ2n) is 8.51. The lowest BCUT2D eigenvalue weighted by Gasteiger charge is -2.34. The summed E-state index contributed by atoms with van der Waals surface area (Å²) in [5.74, 6) is -0.711. The van der Waals surface area contributed by atoms with Gasteiger partial charge < -0.3 is 20.1 Å². The number of anilines is 2. The molecule has 6 nitrogen and oxygen atoms in total. The summed E-state index contributed by atoms with van der Waals surface area (Å²) < 4.78 is 25.2. The van der Waals surface area contributed by atoms with E-state index in [1.807, 2.05) is 25.1 Å². The highest BCUT2D eigenvalue weighted by atomic mass is 19.1. The van der Waals surface area contributed by atoms with Crippen LogP contribution in [-0.2, 0) is 16.1 Å². The molecule has 2 N–H and O–H groups in total. The summed E-state index contributed by atoms with van der Waals surface area (Å²) in [7, 11) is 1.50. The molecule has 3 aromatic carbocycles. The van der Waals surface area contributed by atoms with Crippen LogP contribution in [0.25, 0.3) is 11.1 Å². The van der Waals surface area contributed by atoms with E-state index in [-0.39, 0.29) is 12.5 Å². The number of hydrogen-bond acceptors (Lipinski definition) is 5. The smallest absolute Gasteiger partial charge is 0.338 e. The number of benzene rings is 3. The third kappa shape index (κ3) is 4.39. The molecule has 0 saturated heterocycles. The highest BCUT2D eigenvalue weighted by Crippen LogP contribution is 2.42. The van der Waals surface area contributed by atoms with Crippen LogP contribution in [-0.4, -0.2) is 24.5 Å². The van der Waals surface area contributed by atoms with Crippen molar-refractivity contribution >= 4 is 23.3 Å². The first-order valence-electron chi connectivity index (χ1n) is 10.5. The largest absolute Gasteiger partial charge is 0.496 e. The van der Waals surface area contributed by atoms with Crippen LogP contribution >= 0.6 is 0 Å². The zero-order valence-electron chi connectivity index (χ0n) is 18.9. The van der Waals surface area contributed by atoms with E-state index in [4.69, 9.17) is 9.47 Å².